The Hall–Kier alpha value is -5.66. The van der Waals surface area contributed by atoms with Gasteiger partial charge < -0.3 is 4.42 Å². The van der Waals surface area contributed by atoms with Gasteiger partial charge in [0.2, 0.25) is 0 Å². The molecule has 9 rings (SSSR count). The van der Waals surface area contributed by atoms with Crippen molar-refractivity contribution >= 4 is 54.3 Å². The molecule has 1 aromatic heterocycles. The van der Waals surface area contributed by atoms with Crippen molar-refractivity contribution in [2.45, 2.75) is 0 Å². The number of rotatable bonds is 3. The van der Waals surface area contributed by atoms with Crippen LogP contribution in [0, 0.1) is 0 Å². The van der Waals surface area contributed by atoms with Crippen LogP contribution >= 0.6 is 0 Å². The van der Waals surface area contributed by atoms with Crippen LogP contribution in [0.5, 0.6) is 0 Å². The van der Waals surface area contributed by atoms with E-state index in [-0.39, 0.29) is 46.6 Å². The summed E-state index contributed by atoms with van der Waals surface area (Å²) in [6, 6.07) is 40.0. The summed E-state index contributed by atoms with van der Waals surface area (Å²) in [7, 11) is 0. The van der Waals surface area contributed by atoms with Crippen molar-refractivity contribution in [1.82, 2.24) is 0 Å². The van der Waals surface area contributed by atoms with Crippen molar-refractivity contribution in [2.75, 3.05) is 0 Å². The summed E-state index contributed by atoms with van der Waals surface area (Å²) in [5.74, 6) is 0. The number of benzene rings is 8. The maximum atomic E-state index is 8.71. The number of hydrogen-bond acceptors (Lipinski definition) is 1. The summed E-state index contributed by atoms with van der Waals surface area (Å²) in [6.07, 6.45) is 0. The maximum Gasteiger partial charge on any atom is 0.136 e. The van der Waals surface area contributed by atoms with Crippen molar-refractivity contribution in [3.8, 4) is 33.4 Å². The summed E-state index contributed by atoms with van der Waals surface area (Å²) in [5.41, 5.74) is 7.15. The van der Waals surface area contributed by atoms with Gasteiger partial charge in [-0.15, -0.1) is 0 Å². The summed E-state index contributed by atoms with van der Waals surface area (Å²) in [6.45, 7) is 0. The molecule has 0 fully saturated rings. The zero-order chi connectivity index (χ0) is 33.6. The van der Waals surface area contributed by atoms with Crippen LogP contribution in [-0.2, 0) is 0 Å². The van der Waals surface area contributed by atoms with E-state index in [1.165, 1.54) is 38.2 Å². The summed E-state index contributed by atoms with van der Waals surface area (Å²) < 4.78 is 57.0. The third-order valence-corrected chi connectivity index (χ3v) is 8.43. The minimum atomic E-state index is -0.423. The molecule has 0 spiro atoms. The molecular weight excluding hydrogens is 520 g/mol. The van der Waals surface area contributed by atoms with Gasteiger partial charge in [0.15, 0.2) is 0 Å². The van der Waals surface area contributed by atoms with Crippen LogP contribution in [0.4, 0.5) is 0 Å². The zero-order valence-electron chi connectivity index (χ0n) is 29.0. The Morgan fingerprint density at radius 2 is 0.953 bits per heavy atom. The first-order valence-corrected chi connectivity index (χ1v) is 14.3. The highest BCUT2D eigenvalue weighted by Crippen LogP contribution is 2.44. The van der Waals surface area contributed by atoms with E-state index in [0.29, 0.717) is 16.4 Å². The molecule has 0 aliphatic rings. The normalized spacial score (nSPS) is 13.7. The van der Waals surface area contributed by atoms with Crippen molar-refractivity contribution < 1.29 is 12.6 Å². The van der Waals surface area contributed by atoms with Crippen LogP contribution < -0.4 is 0 Å². The quantitative estimate of drug-likeness (QED) is 0.199. The van der Waals surface area contributed by atoms with Crippen LogP contribution in [0.1, 0.15) is 8.22 Å². The van der Waals surface area contributed by atoms with Crippen LogP contribution in [0.15, 0.2) is 162 Å². The second-order valence-electron chi connectivity index (χ2n) is 10.8. The van der Waals surface area contributed by atoms with Gasteiger partial charge in [0, 0.05) is 10.8 Å². The first-order valence-electron chi connectivity index (χ1n) is 17.3. The summed E-state index contributed by atoms with van der Waals surface area (Å²) in [5, 5.41) is 6.02. The summed E-state index contributed by atoms with van der Waals surface area (Å²) >= 11 is 0. The zero-order valence-corrected chi connectivity index (χ0v) is 23.0. The first kappa shape index (κ1) is 18.7. The van der Waals surface area contributed by atoms with E-state index < -0.39 is 6.04 Å². The minimum absolute atomic E-state index is 0.0266. The lowest BCUT2D eigenvalue weighted by Crippen LogP contribution is -1.90. The van der Waals surface area contributed by atoms with Gasteiger partial charge in [0.1, 0.15) is 11.2 Å². The summed E-state index contributed by atoms with van der Waals surface area (Å²) in [4.78, 5) is 0. The fourth-order valence-corrected chi connectivity index (χ4v) is 6.51. The smallest absolute Gasteiger partial charge is 0.136 e. The molecule has 0 saturated heterocycles. The average molecular weight is 553 g/mol. The van der Waals surface area contributed by atoms with Crippen molar-refractivity contribution in [3.05, 3.63) is 158 Å². The van der Waals surface area contributed by atoms with Crippen LogP contribution in [0.2, 0.25) is 0 Å². The van der Waals surface area contributed by atoms with Gasteiger partial charge in [0.25, 0.3) is 0 Å². The lowest BCUT2D eigenvalue weighted by molar-refractivity contribution is 0.669. The molecule has 0 atom stereocenters. The van der Waals surface area contributed by atoms with Crippen molar-refractivity contribution in [3.63, 3.8) is 0 Å². The molecule has 8 aromatic carbocycles. The highest BCUT2D eigenvalue weighted by atomic mass is 16.3. The lowest BCUT2D eigenvalue weighted by Gasteiger charge is -2.18. The van der Waals surface area contributed by atoms with Crippen molar-refractivity contribution in [2.24, 2.45) is 0 Å². The maximum absolute atomic E-state index is 8.71. The fraction of sp³-hybridized carbons (Fsp3) is 0. The molecule has 43 heavy (non-hydrogen) atoms. The second-order valence-corrected chi connectivity index (χ2v) is 10.8. The number of furan rings is 1. The molecule has 1 nitrogen and oxygen atoms in total. The van der Waals surface area contributed by atoms with E-state index in [1.807, 2.05) is 24.3 Å². The Bertz CT molecular complexity index is 2760. The van der Waals surface area contributed by atoms with E-state index in [4.69, 9.17) is 12.6 Å². The van der Waals surface area contributed by atoms with Gasteiger partial charge in [-0.3, -0.25) is 0 Å². The van der Waals surface area contributed by atoms with Gasteiger partial charge >= 0.3 is 0 Å². The van der Waals surface area contributed by atoms with Crippen molar-refractivity contribution in [1.29, 1.82) is 0 Å². The third-order valence-electron chi connectivity index (χ3n) is 8.43. The van der Waals surface area contributed by atoms with Gasteiger partial charge in [-0.1, -0.05) is 139 Å². The Morgan fingerprint density at radius 1 is 0.395 bits per heavy atom. The van der Waals surface area contributed by atoms with E-state index >= 15 is 0 Å². The van der Waals surface area contributed by atoms with E-state index in [2.05, 4.69) is 97.1 Å². The highest BCUT2D eigenvalue weighted by molar-refractivity contribution is 6.22. The number of fused-ring (bicyclic) bond motifs is 7. The highest BCUT2D eigenvalue weighted by Gasteiger charge is 2.17. The van der Waals surface area contributed by atoms with E-state index in [9.17, 15) is 0 Å². The van der Waals surface area contributed by atoms with Crippen LogP contribution in [0.3, 0.4) is 0 Å². The van der Waals surface area contributed by atoms with Gasteiger partial charge in [-0.2, -0.15) is 0 Å². The van der Waals surface area contributed by atoms with Gasteiger partial charge in [0.05, 0.1) is 8.22 Å². The SMILES string of the molecule is [2H]c1c([2H])c([2H])c2c(c1[2H])c([2H])c([2H])c1oc3ccc(-c4ccc(-c5c6ccccc6c(-c6ccccc6)c6ccccc56)cc4)cc3c12. The molecule has 1 heterocycles. The molecule has 0 amide bonds. The Labute approximate surface area is 257 Å². The van der Waals surface area contributed by atoms with Crippen LogP contribution in [-0.4, -0.2) is 0 Å². The molecule has 0 aliphatic heterocycles. The van der Waals surface area contributed by atoms with Gasteiger partial charge in [-0.25, -0.2) is 0 Å². The van der Waals surface area contributed by atoms with Gasteiger partial charge in [-0.05, 0) is 83.9 Å². The molecular formula is C42H26O. The molecule has 9 aromatic rings. The fourth-order valence-electron chi connectivity index (χ4n) is 6.51. The molecule has 1 heteroatoms. The molecule has 200 valence electrons. The molecule has 0 unspecified atom stereocenters. The van der Waals surface area contributed by atoms with Crippen LogP contribution in [0.25, 0.3) is 87.6 Å². The molecule has 0 aliphatic carbocycles. The second kappa shape index (κ2) is 9.44. The Morgan fingerprint density at radius 3 is 1.63 bits per heavy atom. The lowest BCUT2D eigenvalue weighted by atomic mass is 9.86. The predicted octanol–water partition coefficient (Wildman–Crippen LogP) is 12.0. The molecule has 0 saturated carbocycles. The standard InChI is InChI=1S/C42H26O/c1-2-11-29(12-3-1)40-33-14-6-8-16-35(33)41(36-17-9-7-15-34(36)40)30-20-18-27(19-21-30)31-23-24-38-37(26-31)42-32-13-5-4-10-28(32)22-25-39(42)43-38/h1-26H/i4D,5D,10D,13D,22D,25D. The Kier molecular flexibility index (Phi) is 4.11. The van der Waals surface area contributed by atoms with E-state index in [1.54, 1.807) is 0 Å². The predicted molar refractivity (Wildman–Crippen MR) is 183 cm³/mol. The molecule has 0 bridgehead atoms. The average Bonchev–Trinajstić information content (AvgIpc) is 3.53. The topological polar surface area (TPSA) is 13.1 Å². The minimum Gasteiger partial charge on any atom is -0.456 e. The largest absolute Gasteiger partial charge is 0.456 e. The molecule has 0 radical (unpaired) electrons. The first-order chi connectivity index (χ1) is 23.8. The molecule has 0 N–H and O–H groups in total. The Balaban J connectivity index is 1.24. The monoisotopic (exact) mass is 552 g/mol. The third kappa shape index (κ3) is 3.72. The van der Waals surface area contributed by atoms with E-state index in [0.717, 1.165) is 16.7 Å². The number of hydrogen-bond donors (Lipinski definition) is 0.